The average Bonchev–Trinajstić information content (AvgIpc) is 3.42. The van der Waals surface area contributed by atoms with E-state index in [1.165, 1.54) is 0 Å². The van der Waals surface area contributed by atoms with Gasteiger partial charge in [-0.2, -0.15) is 0 Å². The van der Waals surface area contributed by atoms with Gasteiger partial charge in [0.15, 0.2) is 0 Å². The Morgan fingerprint density at radius 1 is 0.919 bits per heavy atom. The van der Waals surface area contributed by atoms with E-state index in [4.69, 9.17) is 34.8 Å². The van der Waals surface area contributed by atoms with E-state index in [1.54, 1.807) is 30.4 Å². The minimum absolute atomic E-state index is 0.0439. The molecule has 1 aliphatic heterocycles. The van der Waals surface area contributed by atoms with E-state index in [0.29, 0.717) is 35.2 Å². The minimum Gasteiger partial charge on any atom is -0.368 e. The van der Waals surface area contributed by atoms with Crippen LogP contribution in [0.15, 0.2) is 90.3 Å². The zero-order chi connectivity index (χ0) is 25.8. The zero-order valence-corrected chi connectivity index (χ0v) is 23.0. The first kappa shape index (κ1) is 26.0. The number of thioether (sulfide) groups is 1. The topological polar surface area (TPSA) is 41.4 Å². The smallest absolute Gasteiger partial charge is 0.255 e. The highest BCUT2D eigenvalue weighted by atomic mass is 35.5. The summed E-state index contributed by atoms with van der Waals surface area (Å²) in [6, 6.07) is 21.2. The van der Waals surface area contributed by atoms with Crippen LogP contribution in [0.25, 0.3) is 0 Å². The molecule has 0 radical (unpaired) electrons. The number of benzene rings is 3. The van der Waals surface area contributed by atoms with Crippen LogP contribution in [0.2, 0.25) is 15.1 Å². The highest BCUT2D eigenvalue weighted by molar-refractivity contribution is 7.99. The van der Waals surface area contributed by atoms with Gasteiger partial charge in [-0.1, -0.05) is 53.0 Å². The fourth-order valence-electron chi connectivity index (χ4n) is 4.44. The Balaban J connectivity index is 1.35. The first-order valence-corrected chi connectivity index (χ1v) is 14.0. The molecule has 0 spiro atoms. The van der Waals surface area contributed by atoms with E-state index in [1.807, 2.05) is 76.3 Å². The maximum atomic E-state index is 13.7. The van der Waals surface area contributed by atoms with Gasteiger partial charge in [-0.3, -0.25) is 4.79 Å². The summed E-state index contributed by atoms with van der Waals surface area (Å²) in [5, 5.41) is 1.87. The minimum atomic E-state index is -0.0466. The van der Waals surface area contributed by atoms with Gasteiger partial charge in [-0.15, -0.1) is 11.8 Å². The van der Waals surface area contributed by atoms with E-state index in [0.717, 1.165) is 34.3 Å². The number of imidazole rings is 1. The monoisotopic (exact) mass is 570 g/mol. The Kier molecular flexibility index (Phi) is 8.30. The Labute approximate surface area is 236 Å². The average molecular weight is 572 g/mol. The predicted molar refractivity (Wildman–Crippen MR) is 153 cm³/mol. The molecule has 0 aliphatic carbocycles. The van der Waals surface area contributed by atoms with Crippen molar-refractivity contribution >= 4 is 58.2 Å². The molecule has 190 valence electrons. The summed E-state index contributed by atoms with van der Waals surface area (Å²) < 4.78 is 2.02. The van der Waals surface area contributed by atoms with Crippen molar-refractivity contribution < 1.29 is 4.79 Å². The molecular formula is C28H25Cl3N4OS. The summed E-state index contributed by atoms with van der Waals surface area (Å²) in [6.07, 6.45) is 5.47. The first-order chi connectivity index (χ1) is 18.0. The van der Waals surface area contributed by atoms with Gasteiger partial charge in [-0.05, 0) is 54.1 Å². The second-order valence-corrected chi connectivity index (χ2v) is 11.3. The standard InChI is InChI=1S/C28H25Cl3N4OS/c29-20-5-8-22(9-6-20)34-13-15-35(16-14-34)28(36)24-3-1-2-4-26(24)37-27(18-33-12-11-32-19-33)23-10-7-21(30)17-25(23)31/h1-12,17,19,27H,13-16,18H2. The summed E-state index contributed by atoms with van der Waals surface area (Å²) in [6.45, 7) is 3.50. The second-order valence-electron chi connectivity index (χ2n) is 8.78. The lowest BCUT2D eigenvalue weighted by Crippen LogP contribution is -2.48. The quantitative estimate of drug-likeness (QED) is 0.218. The number of carbonyl (C=O) groups is 1. The predicted octanol–water partition coefficient (Wildman–Crippen LogP) is 7.34. The summed E-state index contributed by atoms with van der Waals surface area (Å²) in [7, 11) is 0. The lowest BCUT2D eigenvalue weighted by Gasteiger charge is -2.36. The van der Waals surface area contributed by atoms with E-state index < -0.39 is 0 Å². The molecule has 4 aromatic rings. The van der Waals surface area contributed by atoms with E-state index >= 15 is 0 Å². The molecule has 5 rings (SSSR count). The van der Waals surface area contributed by atoms with Crippen LogP contribution in [-0.2, 0) is 6.54 Å². The van der Waals surface area contributed by atoms with Gasteiger partial charge in [0.25, 0.3) is 5.91 Å². The molecule has 1 unspecified atom stereocenters. The summed E-state index contributed by atoms with van der Waals surface area (Å²) in [4.78, 5) is 23.0. The van der Waals surface area contributed by atoms with Crippen molar-refractivity contribution in [2.45, 2.75) is 16.7 Å². The molecule has 1 aromatic heterocycles. The van der Waals surface area contributed by atoms with Crippen LogP contribution in [0.5, 0.6) is 0 Å². The van der Waals surface area contributed by atoms with E-state index in [-0.39, 0.29) is 11.2 Å². The van der Waals surface area contributed by atoms with Crippen molar-refractivity contribution in [2.24, 2.45) is 0 Å². The van der Waals surface area contributed by atoms with Gasteiger partial charge in [0.05, 0.1) is 17.1 Å². The van der Waals surface area contributed by atoms with Crippen LogP contribution in [0.3, 0.4) is 0 Å². The van der Waals surface area contributed by atoms with Crippen LogP contribution >= 0.6 is 46.6 Å². The number of halogens is 3. The van der Waals surface area contributed by atoms with Crippen LogP contribution < -0.4 is 4.90 Å². The first-order valence-electron chi connectivity index (χ1n) is 11.9. The number of aromatic nitrogens is 2. The molecule has 3 aromatic carbocycles. The molecule has 1 saturated heterocycles. The van der Waals surface area contributed by atoms with Gasteiger partial charge in [0, 0.05) is 70.8 Å². The lowest BCUT2D eigenvalue weighted by molar-refractivity contribution is 0.0743. The Hall–Kier alpha value is -2.64. The fourth-order valence-corrected chi connectivity index (χ4v) is 6.49. The highest BCUT2D eigenvalue weighted by Gasteiger charge is 2.26. The molecule has 0 saturated carbocycles. The molecule has 1 fully saturated rings. The Morgan fingerprint density at radius 3 is 2.35 bits per heavy atom. The molecular weight excluding hydrogens is 547 g/mol. The number of anilines is 1. The number of rotatable bonds is 7. The zero-order valence-electron chi connectivity index (χ0n) is 19.9. The van der Waals surface area contributed by atoms with Crippen molar-refractivity contribution in [1.29, 1.82) is 0 Å². The van der Waals surface area contributed by atoms with Crippen molar-refractivity contribution in [3.63, 3.8) is 0 Å². The maximum Gasteiger partial charge on any atom is 0.255 e. The number of hydrogen-bond donors (Lipinski definition) is 0. The maximum absolute atomic E-state index is 13.7. The third-order valence-corrected chi connectivity index (χ3v) is 8.50. The SMILES string of the molecule is O=C(c1ccccc1SC(Cn1ccnc1)c1ccc(Cl)cc1Cl)N1CCN(c2ccc(Cl)cc2)CC1. The molecule has 1 atom stereocenters. The van der Waals surface area contributed by atoms with Gasteiger partial charge in [0.1, 0.15) is 0 Å². The molecule has 5 nitrogen and oxygen atoms in total. The van der Waals surface area contributed by atoms with Crippen molar-refractivity contribution in [3.8, 4) is 0 Å². The van der Waals surface area contributed by atoms with Crippen LogP contribution in [-0.4, -0.2) is 46.5 Å². The van der Waals surface area contributed by atoms with Crippen molar-refractivity contribution in [2.75, 3.05) is 31.1 Å². The van der Waals surface area contributed by atoms with Crippen LogP contribution in [0, 0.1) is 0 Å². The fraction of sp³-hybridized carbons (Fsp3) is 0.214. The number of piperazine rings is 1. The number of hydrogen-bond acceptors (Lipinski definition) is 4. The van der Waals surface area contributed by atoms with E-state index in [2.05, 4.69) is 9.88 Å². The van der Waals surface area contributed by atoms with Gasteiger partial charge < -0.3 is 14.4 Å². The summed E-state index contributed by atoms with van der Waals surface area (Å²) in [5.74, 6) is 0.0439. The lowest BCUT2D eigenvalue weighted by atomic mass is 10.1. The third kappa shape index (κ3) is 6.27. The Bertz CT molecular complexity index is 1360. The molecule has 1 amide bonds. The Morgan fingerprint density at radius 2 is 1.65 bits per heavy atom. The third-order valence-electron chi connectivity index (χ3n) is 6.39. The van der Waals surface area contributed by atoms with Crippen LogP contribution in [0.4, 0.5) is 5.69 Å². The molecule has 2 heterocycles. The van der Waals surface area contributed by atoms with Crippen LogP contribution in [0.1, 0.15) is 21.2 Å². The molecule has 0 N–H and O–H groups in total. The number of amides is 1. The normalized spacial score (nSPS) is 14.6. The van der Waals surface area contributed by atoms with Gasteiger partial charge in [-0.25, -0.2) is 4.98 Å². The molecule has 0 bridgehead atoms. The van der Waals surface area contributed by atoms with E-state index in [9.17, 15) is 4.79 Å². The number of carbonyl (C=O) groups excluding carboxylic acids is 1. The van der Waals surface area contributed by atoms with Gasteiger partial charge in [0.2, 0.25) is 0 Å². The second kappa shape index (κ2) is 11.8. The van der Waals surface area contributed by atoms with Gasteiger partial charge >= 0.3 is 0 Å². The summed E-state index contributed by atoms with van der Waals surface area (Å²) in [5.41, 5.74) is 2.78. The largest absolute Gasteiger partial charge is 0.368 e. The summed E-state index contributed by atoms with van der Waals surface area (Å²) >= 11 is 20.5. The molecule has 1 aliphatic rings. The van der Waals surface area contributed by atoms with Crippen molar-refractivity contribution in [1.82, 2.24) is 14.5 Å². The number of nitrogens with zero attached hydrogens (tertiary/aromatic N) is 4. The van der Waals surface area contributed by atoms with Crippen molar-refractivity contribution in [3.05, 3.63) is 112 Å². The molecule has 37 heavy (non-hydrogen) atoms. The highest BCUT2D eigenvalue weighted by Crippen LogP contribution is 2.42. The molecule has 9 heteroatoms.